The Balaban J connectivity index is 1.79. The van der Waals surface area contributed by atoms with Gasteiger partial charge in [-0.15, -0.1) is 11.3 Å². The lowest BCUT2D eigenvalue weighted by atomic mass is 9.99. The van der Waals surface area contributed by atoms with Crippen molar-refractivity contribution in [3.8, 4) is 5.75 Å². The lowest BCUT2D eigenvalue weighted by Gasteiger charge is -2.40. The van der Waals surface area contributed by atoms with Gasteiger partial charge in [0.2, 0.25) is 11.8 Å². The Morgan fingerprint density at radius 1 is 1.20 bits per heavy atom. The van der Waals surface area contributed by atoms with Crippen LogP contribution < -0.4 is 4.74 Å². The summed E-state index contributed by atoms with van der Waals surface area (Å²) in [5.74, 6) is 0.769. The second-order valence-corrected chi connectivity index (χ2v) is 9.78. The molecule has 0 bridgehead atoms. The zero-order valence-corrected chi connectivity index (χ0v) is 19.4. The number of ether oxygens (including phenoxy) is 1. The first-order valence-electron chi connectivity index (χ1n) is 10.6. The third-order valence-electron chi connectivity index (χ3n) is 5.55. The largest absolute Gasteiger partial charge is 0.491 e. The van der Waals surface area contributed by atoms with Gasteiger partial charge in [0.25, 0.3) is 0 Å². The molecular weight excluding hydrogens is 396 g/mol. The minimum Gasteiger partial charge on any atom is -0.491 e. The van der Waals surface area contributed by atoms with E-state index in [1.54, 1.807) is 16.2 Å². The predicted molar refractivity (Wildman–Crippen MR) is 121 cm³/mol. The van der Waals surface area contributed by atoms with Gasteiger partial charge in [0, 0.05) is 23.4 Å². The highest BCUT2D eigenvalue weighted by Gasteiger charge is 2.35. The van der Waals surface area contributed by atoms with E-state index in [9.17, 15) is 9.59 Å². The van der Waals surface area contributed by atoms with E-state index in [4.69, 9.17) is 4.74 Å². The first-order valence-corrected chi connectivity index (χ1v) is 11.4. The fourth-order valence-corrected chi connectivity index (χ4v) is 4.73. The smallest absolute Gasteiger partial charge is 0.242 e. The van der Waals surface area contributed by atoms with Crippen LogP contribution in [-0.4, -0.2) is 46.8 Å². The average Bonchev–Trinajstić information content (AvgIpc) is 3.18. The minimum atomic E-state index is -0.403. The lowest BCUT2D eigenvalue weighted by Crippen LogP contribution is -2.53. The van der Waals surface area contributed by atoms with Crippen molar-refractivity contribution in [2.45, 2.75) is 59.0 Å². The second-order valence-electron chi connectivity index (χ2n) is 8.78. The summed E-state index contributed by atoms with van der Waals surface area (Å²) >= 11 is 1.74. The average molecular weight is 429 g/mol. The van der Waals surface area contributed by atoms with Crippen LogP contribution in [0.5, 0.6) is 5.75 Å². The first-order chi connectivity index (χ1) is 14.2. The molecule has 1 atom stereocenters. The molecule has 0 aliphatic carbocycles. The summed E-state index contributed by atoms with van der Waals surface area (Å²) in [6.07, 6.45) is 1.23. The molecule has 1 aliphatic rings. The van der Waals surface area contributed by atoms with Gasteiger partial charge >= 0.3 is 0 Å². The molecule has 2 aromatic rings. The molecule has 0 unspecified atom stereocenters. The van der Waals surface area contributed by atoms with Gasteiger partial charge in [-0.05, 0) is 63.3 Å². The predicted octanol–water partition coefficient (Wildman–Crippen LogP) is 4.60. The fourth-order valence-electron chi connectivity index (χ4n) is 3.80. The molecule has 1 aromatic carbocycles. The highest BCUT2D eigenvalue weighted by molar-refractivity contribution is 7.10. The van der Waals surface area contributed by atoms with Gasteiger partial charge in [-0.1, -0.05) is 24.6 Å². The molecule has 5 nitrogen and oxygen atoms in total. The van der Waals surface area contributed by atoms with Crippen LogP contribution in [0.3, 0.4) is 0 Å². The molecule has 2 amide bonds. The zero-order valence-electron chi connectivity index (χ0n) is 18.6. The standard InChI is InChI=1S/C24H32N2O3S/c1-6-22(27)26(24(3,4)5)15-23(28)25-13-11-21-19(12-14-30-21)20(25)16-29-18-9-7-17(2)8-10-18/h7-10,12,14,20H,6,11,13,15-16H2,1-5H3/t20-/m0/s1. The number of rotatable bonds is 6. The van der Waals surface area contributed by atoms with E-state index in [1.807, 2.05) is 63.8 Å². The van der Waals surface area contributed by atoms with Gasteiger partial charge in [0.15, 0.2) is 0 Å². The SMILES string of the molecule is CCC(=O)N(CC(=O)N1CCc2sccc2[C@@H]1COc1ccc(C)cc1)C(C)(C)C. The Morgan fingerprint density at radius 3 is 2.53 bits per heavy atom. The van der Waals surface area contributed by atoms with Crippen molar-refractivity contribution < 1.29 is 14.3 Å². The monoisotopic (exact) mass is 428 g/mol. The van der Waals surface area contributed by atoms with Crippen molar-refractivity contribution in [3.05, 3.63) is 51.7 Å². The summed E-state index contributed by atoms with van der Waals surface area (Å²) < 4.78 is 6.08. The maximum Gasteiger partial charge on any atom is 0.242 e. The summed E-state index contributed by atoms with van der Waals surface area (Å²) in [6, 6.07) is 9.91. The number of carbonyl (C=O) groups is 2. The highest BCUT2D eigenvalue weighted by atomic mass is 32.1. The molecule has 0 saturated heterocycles. The number of thiophene rings is 1. The van der Waals surface area contributed by atoms with Crippen LogP contribution in [0.25, 0.3) is 0 Å². The molecular formula is C24H32N2O3S. The number of benzene rings is 1. The van der Waals surface area contributed by atoms with E-state index < -0.39 is 5.54 Å². The third-order valence-corrected chi connectivity index (χ3v) is 6.55. The minimum absolute atomic E-state index is 0.00321. The maximum absolute atomic E-state index is 13.4. The number of aryl methyl sites for hydroxylation is 1. The summed E-state index contributed by atoms with van der Waals surface area (Å²) in [4.78, 5) is 30.7. The van der Waals surface area contributed by atoms with Gasteiger partial charge in [0.1, 0.15) is 18.9 Å². The van der Waals surface area contributed by atoms with E-state index in [2.05, 4.69) is 11.4 Å². The van der Waals surface area contributed by atoms with Gasteiger partial charge in [0.05, 0.1) is 6.04 Å². The van der Waals surface area contributed by atoms with Crippen molar-refractivity contribution in [2.24, 2.45) is 0 Å². The van der Waals surface area contributed by atoms with Crippen LogP contribution in [0.4, 0.5) is 0 Å². The summed E-state index contributed by atoms with van der Waals surface area (Å²) in [5.41, 5.74) is 1.94. The summed E-state index contributed by atoms with van der Waals surface area (Å²) in [5, 5.41) is 2.08. The van der Waals surface area contributed by atoms with Crippen molar-refractivity contribution in [1.29, 1.82) is 0 Å². The van der Waals surface area contributed by atoms with Gasteiger partial charge < -0.3 is 14.5 Å². The fraction of sp³-hybridized carbons (Fsp3) is 0.500. The molecule has 0 saturated carbocycles. The van der Waals surface area contributed by atoms with E-state index in [1.165, 1.54) is 10.4 Å². The topological polar surface area (TPSA) is 49.9 Å². The van der Waals surface area contributed by atoms with Crippen LogP contribution >= 0.6 is 11.3 Å². The van der Waals surface area contributed by atoms with Crippen molar-refractivity contribution >= 4 is 23.2 Å². The molecule has 162 valence electrons. The molecule has 0 N–H and O–H groups in total. The van der Waals surface area contributed by atoms with Crippen molar-refractivity contribution in [1.82, 2.24) is 9.80 Å². The van der Waals surface area contributed by atoms with Gasteiger partial charge in [-0.2, -0.15) is 0 Å². The first kappa shape index (κ1) is 22.3. The van der Waals surface area contributed by atoms with E-state index in [0.29, 0.717) is 19.6 Å². The second kappa shape index (κ2) is 9.21. The van der Waals surface area contributed by atoms with Gasteiger partial charge in [-0.3, -0.25) is 9.59 Å². The lowest BCUT2D eigenvalue weighted by molar-refractivity contribution is -0.146. The molecule has 30 heavy (non-hydrogen) atoms. The molecule has 1 aliphatic heterocycles. The Bertz CT molecular complexity index is 883. The van der Waals surface area contributed by atoms with Crippen LogP contribution in [0.1, 0.15) is 56.2 Å². The highest BCUT2D eigenvalue weighted by Crippen LogP contribution is 2.34. The normalized spacial score (nSPS) is 16.2. The van der Waals surface area contributed by atoms with E-state index in [-0.39, 0.29) is 24.4 Å². The zero-order chi connectivity index (χ0) is 21.9. The Hall–Kier alpha value is -2.34. The molecule has 3 rings (SSSR count). The quantitative estimate of drug-likeness (QED) is 0.676. The number of fused-ring (bicyclic) bond motifs is 1. The van der Waals surface area contributed by atoms with Crippen LogP contribution in [-0.2, 0) is 16.0 Å². The number of carbonyl (C=O) groups excluding carboxylic acids is 2. The van der Waals surface area contributed by atoms with E-state index >= 15 is 0 Å². The Labute approximate surface area is 183 Å². The summed E-state index contributed by atoms with van der Waals surface area (Å²) in [6.45, 7) is 10.9. The Kier molecular flexibility index (Phi) is 6.86. The maximum atomic E-state index is 13.4. The number of hydrogen-bond donors (Lipinski definition) is 0. The van der Waals surface area contributed by atoms with Gasteiger partial charge in [-0.25, -0.2) is 0 Å². The molecule has 0 spiro atoms. The molecule has 1 aromatic heterocycles. The Morgan fingerprint density at radius 2 is 1.90 bits per heavy atom. The number of hydrogen-bond acceptors (Lipinski definition) is 4. The van der Waals surface area contributed by atoms with Crippen LogP contribution in [0.2, 0.25) is 0 Å². The van der Waals surface area contributed by atoms with E-state index in [0.717, 1.165) is 17.7 Å². The third kappa shape index (κ3) is 5.04. The molecule has 0 radical (unpaired) electrons. The molecule has 2 heterocycles. The number of nitrogens with zero attached hydrogens (tertiary/aromatic N) is 2. The van der Waals surface area contributed by atoms with Crippen molar-refractivity contribution in [3.63, 3.8) is 0 Å². The van der Waals surface area contributed by atoms with Crippen LogP contribution in [0.15, 0.2) is 35.7 Å². The van der Waals surface area contributed by atoms with Crippen LogP contribution in [0, 0.1) is 6.92 Å². The van der Waals surface area contributed by atoms with Crippen molar-refractivity contribution in [2.75, 3.05) is 19.7 Å². The number of amides is 2. The molecule has 6 heteroatoms. The molecule has 0 fully saturated rings. The summed E-state index contributed by atoms with van der Waals surface area (Å²) in [7, 11) is 0.